The fourth-order valence-corrected chi connectivity index (χ4v) is 1.35. The van der Waals surface area contributed by atoms with Crippen molar-refractivity contribution in [2.45, 2.75) is 6.04 Å². The summed E-state index contributed by atoms with van der Waals surface area (Å²) in [5.74, 6) is -1.02. The number of carbonyl (C=O) groups is 1. The van der Waals surface area contributed by atoms with Crippen LogP contribution in [0.15, 0.2) is 12.3 Å². The highest BCUT2D eigenvalue weighted by molar-refractivity contribution is 6.32. The largest absolute Gasteiger partial charge is 0.377 e. The molecule has 1 fully saturated rings. The Morgan fingerprint density at radius 3 is 3.00 bits per heavy atom. The van der Waals surface area contributed by atoms with Gasteiger partial charge in [0.25, 0.3) is 5.91 Å². The number of nitrogens with one attached hydrogen (secondary N) is 1. The molecule has 4 nitrogen and oxygen atoms in total. The fourth-order valence-electron chi connectivity index (χ4n) is 1.16. The Kier molecular flexibility index (Phi) is 2.83. The van der Waals surface area contributed by atoms with Gasteiger partial charge in [0.05, 0.1) is 31.0 Å². The molecule has 1 aliphatic rings. The van der Waals surface area contributed by atoms with E-state index in [4.69, 9.17) is 16.3 Å². The molecule has 1 saturated heterocycles. The second-order valence-corrected chi connectivity index (χ2v) is 3.56. The number of aromatic nitrogens is 1. The third-order valence-electron chi connectivity index (χ3n) is 2.02. The zero-order valence-electron chi connectivity index (χ0n) is 7.67. The van der Waals surface area contributed by atoms with E-state index < -0.39 is 11.7 Å². The van der Waals surface area contributed by atoms with Crippen LogP contribution in [0.25, 0.3) is 0 Å². The molecule has 80 valence electrons. The van der Waals surface area contributed by atoms with Crippen LogP contribution < -0.4 is 5.32 Å². The lowest BCUT2D eigenvalue weighted by Gasteiger charge is -2.26. The summed E-state index contributed by atoms with van der Waals surface area (Å²) in [6, 6.07) is 1.04. The van der Waals surface area contributed by atoms with E-state index in [2.05, 4.69) is 10.3 Å². The molecule has 0 saturated carbocycles. The van der Waals surface area contributed by atoms with E-state index in [1.807, 2.05) is 0 Å². The molecule has 1 aromatic heterocycles. The molecule has 2 heterocycles. The van der Waals surface area contributed by atoms with Crippen molar-refractivity contribution in [3.8, 4) is 0 Å². The van der Waals surface area contributed by atoms with Gasteiger partial charge < -0.3 is 10.1 Å². The minimum atomic E-state index is -0.589. The van der Waals surface area contributed by atoms with Crippen LogP contribution in [-0.2, 0) is 4.74 Å². The zero-order valence-corrected chi connectivity index (χ0v) is 8.42. The van der Waals surface area contributed by atoms with Crippen LogP contribution in [0.3, 0.4) is 0 Å². The van der Waals surface area contributed by atoms with E-state index >= 15 is 0 Å². The molecule has 0 radical (unpaired) electrons. The lowest BCUT2D eigenvalue weighted by molar-refractivity contribution is -0.00347. The number of amides is 1. The summed E-state index contributed by atoms with van der Waals surface area (Å²) >= 11 is 5.67. The summed E-state index contributed by atoms with van der Waals surface area (Å²) in [7, 11) is 0. The lowest BCUT2D eigenvalue weighted by Crippen LogP contribution is -2.48. The number of pyridine rings is 1. The van der Waals surface area contributed by atoms with Crippen molar-refractivity contribution in [3.05, 3.63) is 28.8 Å². The predicted molar refractivity (Wildman–Crippen MR) is 51.3 cm³/mol. The van der Waals surface area contributed by atoms with Crippen molar-refractivity contribution in [1.82, 2.24) is 10.3 Å². The van der Waals surface area contributed by atoms with Gasteiger partial charge in [-0.05, 0) is 6.07 Å². The Bertz CT molecular complexity index is 396. The highest BCUT2D eigenvalue weighted by Gasteiger charge is 2.22. The Balaban J connectivity index is 2.12. The minimum Gasteiger partial charge on any atom is -0.377 e. The van der Waals surface area contributed by atoms with Crippen LogP contribution >= 0.6 is 11.6 Å². The number of ether oxygens (including phenoxy) is 1. The van der Waals surface area contributed by atoms with E-state index in [1.165, 1.54) is 0 Å². The smallest absolute Gasteiger partial charge is 0.254 e. The van der Waals surface area contributed by atoms with Crippen LogP contribution in [0, 0.1) is 5.82 Å². The zero-order chi connectivity index (χ0) is 10.8. The van der Waals surface area contributed by atoms with Crippen molar-refractivity contribution in [1.29, 1.82) is 0 Å². The van der Waals surface area contributed by atoms with E-state index in [1.54, 1.807) is 0 Å². The maximum absolute atomic E-state index is 12.8. The highest BCUT2D eigenvalue weighted by atomic mass is 35.5. The summed E-state index contributed by atoms with van der Waals surface area (Å²) < 4.78 is 17.7. The second kappa shape index (κ2) is 4.12. The van der Waals surface area contributed by atoms with Crippen LogP contribution in [-0.4, -0.2) is 30.1 Å². The SMILES string of the molecule is O=C(NC1COC1)c1cc(F)cnc1Cl. The van der Waals surface area contributed by atoms with Crippen LogP contribution in [0.5, 0.6) is 0 Å². The first kappa shape index (κ1) is 10.3. The Hall–Kier alpha value is -1.20. The average Bonchev–Trinajstić information content (AvgIpc) is 2.15. The van der Waals surface area contributed by atoms with Gasteiger partial charge in [-0.25, -0.2) is 9.37 Å². The Morgan fingerprint density at radius 2 is 2.40 bits per heavy atom. The van der Waals surface area contributed by atoms with Crippen molar-refractivity contribution in [2.75, 3.05) is 13.2 Å². The number of halogens is 2. The molecule has 0 unspecified atom stereocenters. The molecule has 0 bridgehead atoms. The van der Waals surface area contributed by atoms with Crippen LogP contribution in [0.4, 0.5) is 4.39 Å². The molecule has 0 atom stereocenters. The summed E-state index contributed by atoms with van der Waals surface area (Å²) in [5.41, 5.74) is 0.0450. The molecule has 1 aromatic rings. The van der Waals surface area contributed by atoms with Gasteiger partial charge in [-0.3, -0.25) is 4.79 Å². The monoisotopic (exact) mass is 230 g/mol. The maximum Gasteiger partial charge on any atom is 0.254 e. The molecule has 1 aliphatic heterocycles. The molecule has 6 heteroatoms. The molecular formula is C9H8ClFN2O2. The Labute approximate surface area is 90.4 Å². The predicted octanol–water partition coefficient (Wildman–Crippen LogP) is 1.00. The molecule has 2 rings (SSSR count). The molecule has 1 amide bonds. The van der Waals surface area contributed by atoms with Gasteiger partial charge in [-0.15, -0.1) is 0 Å². The molecule has 15 heavy (non-hydrogen) atoms. The molecule has 0 aromatic carbocycles. The third kappa shape index (κ3) is 2.24. The van der Waals surface area contributed by atoms with Crippen molar-refractivity contribution < 1.29 is 13.9 Å². The van der Waals surface area contributed by atoms with Gasteiger partial charge in [-0.1, -0.05) is 11.6 Å². The van der Waals surface area contributed by atoms with Crippen molar-refractivity contribution in [3.63, 3.8) is 0 Å². The van der Waals surface area contributed by atoms with Crippen LogP contribution in [0.1, 0.15) is 10.4 Å². The fraction of sp³-hybridized carbons (Fsp3) is 0.333. The summed E-state index contributed by atoms with van der Waals surface area (Å²) in [6.07, 6.45) is 0.964. The molecule has 0 aliphatic carbocycles. The van der Waals surface area contributed by atoms with E-state index in [0.717, 1.165) is 12.3 Å². The number of carbonyl (C=O) groups excluding carboxylic acids is 1. The lowest BCUT2D eigenvalue weighted by atomic mass is 10.2. The summed E-state index contributed by atoms with van der Waals surface area (Å²) in [6.45, 7) is 0.957. The average molecular weight is 231 g/mol. The number of nitrogens with zero attached hydrogens (tertiary/aromatic N) is 1. The first-order valence-corrected chi connectivity index (χ1v) is 4.74. The normalized spacial score (nSPS) is 15.9. The first-order valence-electron chi connectivity index (χ1n) is 4.36. The third-order valence-corrected chi connectivity index (χ3v) is 2.32. The van der Waals surface area contributed by atoms with E-state index in [-0.39, 0.29) is 16.8 Å². The first-order chi connectivity index (χ1) is 7.16. The van der Waals surface area contributed by atoms with Crippen LogP contribution in [0.2, 0.25) is 5.15 Å². The van der Waals surface area contributed by atoms with Gasteiger partial charge in [0.15, 0.2) is 0 Å². The summed E-state index contributed by atoms with van der Waals surface area (Å²) in [4.78, 5) is 15.1. The van der Waals surface area contributed by atoms with E-state index in [0.29, 0.717) is 13.2 Å². The summed E-state index contributed by atoms with van der Waals surface area (Å²) in [5, 5.41) is 2.64. The van der Waals surface area contributed by atoms with Gasteiger partial charge in [0.2, 0.25) is 0 Å². The second-order valence-electron chi connectivity index (χ2n) is 3.20. The van der Waals surface area contributed by atoms with Gasteiger partial charge in [-0.2, -0.15) is 0 Å². The minimum absolute atomic E-state index is 0.00542. The topological polar surface area (TPSA) is 51.2 Å². The van der Waals surface area contributed by atoms with Gasteiger partial charge in [0, 0.05) is 0 Å². The number of hydrogen-bond donors (Lipinski definition) is 1. The van der Waals surface area contributed by atoms with Crippen molar-refractivity contribution in [2.24, 2.45) is 0 Å². The van der Waals surface area contributed by atoms with E-state index in [9.17, 15) is 9.18 Å². The van der Waals surface area contributed by atoms with Gasteiger partial charge >= 0.3 is 0 Å². The standard InChI is InChI=1S/C9H8ClFN2O2/c10-8-7(1-5(11)2-12-8)9(14)13-6-3-15-4-6/h1-2,6H,3-4H2,(H,13,14). The number of rotatable bonds is 2. The highest BCUT2D eigenvalue weighted by Crippen LogP contribution is 2.14. The maximum atomic E-state index is 12.8. The quantitative estimate of drug-likeness (QED) is 0.772. The van der Waals surface area contributed by atoms with Gasteiger partial charge in [0.1, 0.15) is 11.0 Å². The molecular weight excluding hydrogens is 223 g/mol. The van der Waals surface area contributed by atoms with Crippen molar-refractivity contribution >= 4 is 17.5 Å². The molecule has 0 spiro atoms. The molecule has 1 N–H and O–H groups in total. The number of hydrogen-bond acceptors (Lipinski definition) is 3. The Morgan fingerprint density at radius 1 is 1.67 bits per heavy atom.